The molecule has 3 rings (SSSR count). The van der Waals surface area contributed by atoms with E-state index in [2.05, 4.69) is 4.90 Å². The third kappa shape index (κ3) is 2.23. The van der Waals surface area contributed by atoms with Gasteiger partial charge in [0.15, 0.2) is 5.78 Å². The molecule has 5 heteroatoms. The SMILES string of the molecule is O=C1CN(C(=O)N2CCCN(C3CCC3)CC2)C1. The number of hydrogen-bond acceptors (Lipinski definition) is 3. The molecule has 3 fully saturated rings. The van der Waals surface area contributed by atoms with Crippen molar-refractivity contribution in [2.45, 2.75) is 31.7 Å². The first-order valence-corrected chi connectivity index (χ1v) is 7.03. The molecule has 2 amide bonds. The summed E-state index contributed by atoms with van der Waals surface area (Å²) >= 11 is 0. The van der Waals surface area contributed by atoms with Crippen molar-refractivity contribution in [2.24, 2.45) is 0 Å². The molecule has 0 aromatic heterocycles. The van der Waals surface area contributed by atoms with Crippen LogP contribution in [-0.4, -0.2) is 71.8 Å². The minimum atomic E-state index is 0.0602. The number of carbonyl (C=O) groups excluding carboxylic acids is 2. The minimum absolute atomic E-state index is 0.0602. The maximum Gasteiger partial charge on any atom is 0.320 e. The summed E-state index contributed by atoms with van der Waals surface area (Å²) in [5.41, 5.74) is 0. The number of amides is 2. The lowest BCUT2D eigenvalue weighted by Crippen LogP contribution is -2.56. The van der Waals surface area contributed by atoms with E-state index in [9.17, 15) is 9.59 Å². The maximum atomic E-state index is 12.1. The molecule has 0 bridgehead atoms. The van der Waals surface area contributed by atoms with Crippen LogP contribution >= 0.6 is 0 Å². The van der Waals surface area contributed by atoms with Crippen LogP contribution in [0.4, 0.5) is 4.79 Å². The van der Waals surface area contributed by atoms with Gasteiger partial charge in [-0.05, 0) is 19.3 Å². The summed E-state index contributed by atoms with van der Waals surface area (Å²) in [6.45, 7) is 4.42. The molecule has 0 radical (unpaired) electrons. The van der Waals surface area contributed by atoms with Gasteiger partial charge < -0.3 is 9.80 Å². The van der Waals surface area contributed by atoms with Crippen LogP contribution in [-0.2, 0) is 4.79 Å². The predicted molar refractivity (Wildman–Crippen MR) is 67.4 cm³/mol. The second-order valence-corrected chi connectivity index (χ2v) is 5.64. The normalized spacial score (nSPS) is 26.6. The molecule has 2 aliphatic heterocycles. The Morgan fingerprint density at radius 2 is 1.72 bits per heavy atom. The van der Waals surface area contributed by atoms with Crippen LogP contribution in [0, 0.1) is 0 Å². The van der Waals surface area contributed by atoms with Gasteiger partial charge in [-0.3, -0.25) is 9.69 Å². The number of Topliss-reactive ketones (excluding diaryl/α,β-unsaturated/α-hetero) is 1. The number of nitrogens with zero attached hydrogens (tertiary/aromatic N) is 3. The van der Waals surface area contributed by atoms with Crippen LogP contribution in [0.1, 0.15) is 25.7 Å². The fraction of sp³-hybridized carbons (Fsp3) is 0.846. The third-order valence-electron chi connectivity index (χ3n) is 4.40. The number of carbonyl (C=O) groups is 2. The molecule has 1 saturated carbocycles. The standard InChI is InChI=1S/C13H21N3O2/c17-12-9-16(10-12)13(18)15-6-2-5-14(7-8-15)11-3-1-4-11/h11H,1-10H2. The highest BCUT2D eigenvalue weighted by molar-refractivity contribution is 5.95. The average molecular weight is 251 g/mol. The summed E-state index contributed by atoms with van der Waals surface area (Å²) < 4.78 is 0. The molecule has 0 spiro atoms. The number of hydrogen-bond donors (Lipinski definition) is 0. The van der Waals surface area contributed by atoms with Crippen LogP contribution in [0.5, 0.6) is 0 Å². The quantitative estimate of drug-likeness (QED) is 0.683. The molecule has 2 heterocycles. The Balaban J connectivity index is 1.51. The van der Waals surface area contributed by atoms with Gasteiger partial charge in [0.1, 0.15) is 0 Å². The van der Waals surface area contributed by atoms with Gasteiger partial charge in [-0.1, -0.05) is 6.42 Å². The second-order valence-electron chi connectivity index (χ2n) is 5.64. The fourth-order valence-electron chi connectivity index (χ4n) is 2.96. The maximum absolute atomic E-state index is 12.1. The first-order valence-electron chi connectivity index (χ1n) is 7.03. The summed E-state index contributed by atoms with van der Waals surface area (Å²) in [5, 5.41) is 0. The predicted octanol–water partition coefficient (Wildman–Crippen LogP) is 0.551. The van der Waals surface area contributed by atoms with Crippen molar-refractivity contribution in [3.8, 4) is 0 Å². The zero-order chi connectivity index (χ0) is 12.5. The van der Waals surface area contributed by atoms with Crippen molar-refractivity contribution in [3.05, 3.63) is 0 Å². The van der Waals surface area contributed by atoms with Crippen LogP contribution in [0.3, 0.4) is 0 Å². The van der Waals surface area contributed by atoms with E-state index in [0.717, 1.165) is 38.6 Å². The molecule has 0 aromatic carbocycles. The fourth-order valence-corrected chi connectivity index (χ4v) is 2.96. The first kappa shape index (κ1) is 12.0. The van der Waals surface area contributed by atoms with Crippen molar-refractivity contribution in [3.63, 3.8) is 0 Å². The van der Waals surface area contributed by atoms with Crippen LogP contribution in [0.2, 0.25) is 0 Å². The second kappa shape index (κ2) is 4.88. The molecule has 18 heavy (non-hydrogen) atoms. The molecule has 3 aliphatic rings. The molecule has 5 nitrogen and oxygen atoms in total. The van der Waals surface area contributed by atoms with E-state index in [-0.39, 0.29) is 11.8 Å². The van der Waals surface area contributed by atoms with Crippen LogP contribution in [0.15, 0.2) is 0 Å². The number of rotatable bonds is 1. The first-order chi connectivity index (χ1) is 8.74. The van der Waals surface area contributed by atoms with E-state index < -0.39 is 0 Å². The smallest absolute Gasteiger partial charge is 0.320 e. The largest absolute Gasteiger partial charge is 0.323 e. The summed E-state index contributed by atoms with van der Waals surface area (Å²) in [4.78, 5) is 29.2. The molecule has 0 N–H and O–H groups in total. The Bertz CT molecular complexity index is 346. The van der Waals surface area contributed by atoms with Crippen molar-refractivity contribution >= 4 is 11.8 Å². The Hall–Kier alpha value is -1.10. The van der Waals surface area contributed by atoms with Gasteiger partial charge in [-0.2, -0.15) is 0 Å². The van der Waals surface area contributed by atoms with Crippen molar-refractivity contribution in [2.75, 3.05) is 39.3 Å². The van der Waals surface area contributed by atoms with E-state index in [1.54, 1.807) is 4.90 Å². The van der Waals surface area contributed by atoms with Gasteiger partial charge in [-0.15, -0.1) is 0 Å². The van der Waals surface area contributed by atoms with Crippen molar-refractivity contribution in [1.29, 1.82) is 0 Å². The van der Waals surface area contributed by atoms with E-state index in [1.165, 1.54) is 19.3 Å². The zero-order valence-corrected chi connectivity index (χ0v) is 10.8. The molecular weight excluding hydrogens is 230 g/mol. The Morgan fingerprint density at radius 1 is 0.944 bits per heavy atom. The highest BCUT2D eigenvalue weighted by Gasteiger charge is 2.33. The summed E-state index contributed by atoms with van der Waals surface area (Å²) in [6.07, 6.45) is 5.08. The monoisotopic (exact) mass is 251 g/mol. The van der Waals surface area contributed by atoms with Crippen molar-refractivity contribution < 1.29 is 9.59 Å². The molecule has 0 unspecified atom stereocenters. The molecule has 1 aliphatic carbocycles. The lowest BCUT2D eigenvalue weighted by Gasteiger charge is -2.37. The highest BCUT2D eigenvalue weighted by atomic mass is 16.2. The van der Waals surface area contributed by atoms with Crippen molar-refractivity contribution in [1.82, 2.24) is 14.7 Å². The molecule has 0 atom stereocenters. The Labute approximate surface area is 108 Å². The van der Waals surface area contributed by atoms with Gasteiger partial charge in [0.2, 0.25) is 0 Å². The van der Waals surface area contributed by atoms with E-state index in [1.807, 2.05) is 4.90 Å². The number of likely N-dealkylation sites (tertiary alicyclic amines) is 1. The number of ketones is 1. The lowest BCUT2D eigenvalue weighted by atomic mass is 9.91. The van der Waals surface area contributed by atoms with Gasteiger partial charge in [0.05, 0.1) is 13.1 Å². The van der Waals surface area contributed by atoms with Crippen LogP contribution in [0.25, 0.3) is 0 Å². The van der Waals surface area contributed by atoms with Crippen LogP contribution < -0.4 is 0 Å². The van der Waals surface area contributed by atoms with E-state index in [0.29, 0.717) is 13.1 Å². The number of urea groups is 1. The zero-order valence-electron chi connectivity index (χ0n) is 10.8. The van der Waals surface area contributed by atoms with Gasteiger partial charge in [0, 0.05) is 32.2 Å². The Morgan fingerprint density at radius 3 is 2.33 bits per heavy atom. The minimum Gasteiger partial charge on any atom is -0.323 e. The average Bonchev–Trinajstić information content (AvgIpc) is 2.48. The third-order valence-corrected chi connectivity index (χ3v) is 4.40. The topological polar surface area (TPSA) is 43.9 Å². The molecule has 0 aromatic rings. The summed E-state index contributed by atoms with van der Waals surface area (Å²) in [7, 11) is 0. The molecule has 100 valence electrons. The van der Waals surface area contributed by atoms with E-state index in [4.69, 9.17) is 0 Å². The summed E-state index contributed by atoms with van der Waals surface area (Å²) in [6, 6.07) is 0.829. The summed E-state index contributed by atoms with van der Waals surface area (Å²) in [5.74, 6) is 0.175. The molecular formula is C13H21N3O2. The van der Waals surface area contributed by atoms with Gasteiger partial charge >= 0.3 is 6.03 Å². The lowest BCUT2D eigenvalue weighted by molar-refractivity contribution is -0.127. The Kier molecular flexibility index (Phi) is 3.24. The van der Waals surface area contributed by atoms with E-state index >= 15 is 0 Å². The van der Waals surface area contributed by atoms with Gasteiger partial charge in [-0.25, -0.2) is 4.79 Å². The van der Waals surface area contributed by atoms with Gasteiger partial charge in [0.25, 0.3) is 0 Å². The highest BCUT2D eigenvalue weighted by Crippen LogP contribution is 2.25. The molecule has 2 saturated heterocycles.